The fourth-order valence-electron chi connectivity index (χ4n) is 1.93. The molecule has 0 aliphatic carbocycles. The molecular formula is C18H21NO4. The van der Waals surface area contributed by atoms with Gasteiger partial charge in [-0.3, -0.25) is 4.79 Å². The van der Waals surface area contributed by atoms with Crippen LogP contribution in [0.15, 0.2) is 54.6 Å². The van der Waals surface area contributed by atoms with Gasteiger partial charge in [0.25, 0.3) is 5.91 Å². The lowest BCUT2D eigenvalue weighted by molar-refractivity contribution is -0.127. The van der Waals surface area contributed by atoms with Crippen LogP contribution in [0.4, 0.5) is 0 Å². The van der Waals surface area contributed by atoms with Crippen molar-refractivity contribution in [1.29, 1.82) is 0 Å². The molecule has 0 aliphatic rings. The lowest BCUT2D eigenvalue weighted by atomic mass is 10.3. The number of benzene rings is 2. The molecule has 1 N–H and O–H groups in total. The topological polar surface area (TPSA) is 56.8 Å². The molecule has 2 aromatic rings. The first-order valence-electron chi connectivity index (χ1n) is 7.45. The van der Waals surface area contributed by atoms with Gasteiger partial charge in [0.05, 0.1) is 13.7 Å². The minimum Gasteiger partial charge on any atom is -0.497 e. The number of hydrogen-bond acceptors (Lipinski definition) is 4. The summed E-state index contributed by atoms with van der Waals surface area (Å²) in [6.07, 6.45) is -0.561. The monoisotopic (exact) mass is 315 g/mol. The van der Waals surface area contributed by atoms with E-state index in [0.29, 0.717) is 24.7 Å². The van der Waals surface area contributed by atoms with Crippen LogP contribution in [0.3, 0.4) is 0 Å². The molecule has 0 spiro atoms. The number of hydrogen-bond donors (Lipinski definition) is 1. The van der Waals surface area contributed by atoms with Crippen LogP contribution in [0.1, 0.15) is 6.92 Å². The summed E-state index contributed by atoms with van der Waals surface area (Å²) in [5, 5.41) is 2.78. The number of methoxy groups -OCH3 is 1. The van der Waals surface area contributed by atoms with Gasteiger partial charge in [-0.2, -0.15) is 0 Å². The molecule has 0 heterocycles. The number of ether oxygens (including phenoxy) is 3. The molecule has 2 aromatic carbocycles. The predicted molar refractivity (Wildman–Crippen MR) is 88.0 cm³/mol. The Balaban J connectivity index is 1.69. The van der Waals surface area contributed by atoms with Gasteiger partial charge in [-0.15, -0.1) is 0 Å². The van der Waals surface area contributed by atoms with E-state index < -0.39 is 6.10 Å². The molecule has 1 amide bonds. The fourth-order valence-corrected chi connectivity index (χ4v) is 1.93. The zero-order valence-electron chi connectivity index (χ0n) is 13.3. The molecule has 0 unspecified atom stereocenters. The minimum absolute atomic E-state index is 0.178. The number of rotatable bonds is 8. The van der Waals surface area contributed by atoms with Gasteiger partial charge in [0.1, 0.15) is 23.9 Å². The number of carbonyl (C=O) groups is 1. The van der Waals surface area contributed by atoms with Gasteiger partial charge in [0, 0.05) is 6.07 Å². The Morgan fingerprint density at radius 3 is 2.48 bits per heavy atom. The quantitative estimate of drug-likeness (QED) is 0.761. The SMILES string of the molecule is COc1cccc(OCCNC(=O)[C@@H](C)Oc2ccccc2)c1. The van der Waals surface area contributed by atoms with E-state index in [9.17, 15) is 4.79 Å². The highest BCUT2D eigenvalue weighted by molar-refractivity contribution is 5.80. The maximum absolute atomic E-state index is 11.9. The van der Waals surface area contributed by atoms with Crippen molar-refractivity contribution in [3.8, 4) is 17.2 Å². The summed E-state index contributed by atoms with van der Waals surface area (Å²) in [6, 6.07) is 16.6. The maximum Gasteiger partial charge on any atom is 0.260 e. The largest absolute Gasteiger partial charge is 0.497 e. The molecule has 122 valence electrons. The highest BCUT2D eigenvalue weighted by Crippen LogP contribution is 2.18. The summed E-state index contributed by atoms with van der Waals surface area (Å²) in [5.74, 6) is 1.93. The Morgan fingerprint density at radius 1 is 1.04 bits per heavy atom. The molecular weight excluding hydrogens is 294 g/mol. The van der Waals surface area contributed by atoms with Crippen molar-refractivity contribution in [1.82, 2.24) is 5.32 Å². The van der Waals surface area contributed by atoms with Crippen LogP contribution >= 0.6 is 0 Å². The molecule has 0 aromatic heterocycles. The van der Waals surface area contributed by atoms with Crippen molar-refractivity contribution in [2.45, 2.75) is 13.0 Å². The first-order valence-corrected chi connectivity index (χ1v) is 7.45. The molecule has 5 heteroatoms. The fraction of sp³-hybridized carbons (Fsp3) is 0.278. The molecule has 5 nitrogen and oxygen atoms in total. The Bertz CT molecular complexity index is 615. The molecule has 2 rings (SSSR count). The second kappa shape index (κ2) is 8.68. The van der Waals surface area contributed by atoms with Gasteiger partial charge in [0.15, 0.2) is 6.10 Å². The van der Waals surface area contributed by atoms with Crippen molar-refractivity contribution in [3.63, 3.8) is 0 Å². The van der Waals surface area contributed by atoms with Gasteiger partial charge in [-0.1, -0.05) is 24.3 Å². The lowest BCUT2D eigenvalue weighted by Gasteiger charge is -2.15. The Hall–Kier alpha value is -2.69. The summed E-state index contributed by atoms with van der Waals surface area (Å²) in [4.78, 5) is 11.9. The standard InChI is InChI=1S/C18H21NO4/c1-14(23-15-7-4-3-5-8-15)18(20)19-11-12-22-17-10-6-9-16(13-17)21-2/h3-10,13-14H,11-12H2,1-2H3,(H,19,20)/t14-/m1/s1. The predicted octanol–water partition coefficient (Wildman–Crippen LogP) is 2.66. The van der Waals surface area contributed by atoms with E-state index in [1.165, 1.54) is 0 Å². The van der Waals surface area contributed by atoms with Crippen LogP contribution in [0.5, 0.6) is 17.2 Å². The van der Waals surface area contributed by atoms with Crippen molar-refractivity contribution in [3.05, 3.63) is 54.6 Å². The molecule has 0 aliphatic heterocycles. The third kappa shape index (κ3) is 5.54. The second-order valence-electron chi connectivity index (χ2n) is 4.89. The number of carbonyl (C=O) groups excluding carboxylic acids is 1. The summed E-state index contributed by atoms with van der Waals surface area (Å²) >= 11 is 0. The van der Waals surface area contributed by atoms with Crippen LogP contribution in [-0.4, -0.2) is 32.3 Å². The number of amides is 1. The Morgan fingerprint density at radius 2 is 1.74 bits per heavy atom. The van der Waals surface area contributed by atoms with Crippen molar-refractivity contribution in [2.75, 3.05) is 20.3 Å². The smallest absolute Gasteiger partial charge is 0.260 e. The van der Waals surface area contributed by atoms with E-state index in [-0.39, 0.29) is 5.91 Å². The molecule has 0 bridgehead atoms. The lowest BCUT2D eigenvalue weighted by Crippen LogP contribution is -2.38. The number of para-hydroxylation sites is 1. The van der Waals surface area contributed by atoms with Crippen LogP contribution in [-0.2, 0) is 4.79 Å². The van der Waals surface area contributed by atoms with E-state index in [2.05, 4.69) is 5.32 Å². The summed E-state index contributed by atoms with van der Waals surface area (Å²) in [5.41, 5.74) is 0. The van der Waals surface area contributed by atoms with E-state index in [1.807, 2.05) is 48.5 Å². The average Bonchev–Trinajstić information content (AvgIpc) is 2.59. The van der Waals surface area contributed by atoms with Crippen LogP contribution < -0.4 is 19.5 Å². The Labute approximate surface area is 136 Å². The average molecular weight is 315 g/mol. The minimum atomic E-state index is -0.561. The third-order valence-electron chi connectivity index (χ3n) is 3.14. The van der Waals surface area contributed by atoms with Gasteiger partial charge >= 0.3 is 0 Å². The number of nitrogens with one attached hydrogen (secondary N) is 1. The van der Waals surface area contributed by atoms with Crippen LogP contribution in [0.2, 0.25) is 0 Å². The molecule has 1 atom stereocenters. The Kier molecular flexibility index (Phi) is 6.29. The molecule has 23 heavy (non-hydrogen) atoms. The molecule has 0 radical (unpaired) electrons. The highest BCUT2D eigenvalue weighted by atomic mass is 16.5. The van der Waals surface area contributed by atoms with Crippen molar-refractivity contribution in [2.24, 2.45) is 0 Å². The zero-order chi connectivity index (χ0) is 16.5. The van der Waals surface area contributed by atoms with Crippen molar-refractivity contribution >= 4 is 5.91 Å². The second-order valence-corrected chi connectivity index (χ2v) is 4.89. The summed E-state index contributed by atoms with van der Waals surface area (Å²) in [7, 11) is 1.60. The van der Waals surface area contributed by atoms with E-state index in [4.69, 9.17) is 14.2 Å². The zero-order valence-corrected chi connectivity index (χ0v) is 13.3. The highest BCUT2D eigenvalue weighted by Gasteiger charge is 2.13. The summed E-state index contributed by atoms with van der Waals surface area (Å²) < 4.78 is 16.2. The first kappa shape index (κ1) is 16.7. The maximum atomic E-state index is 11.9. The molecule has 0 saturated carbocycles. The molecule has 0 saturated heterocycles. The van der Waals surface area contributed by atoms with E-state index >= 15 is 0 Å². The van der Waals surface area contributed by atoms with Gasteiger partial charge in [0.2, 0.25) is 0 Å². The van der Waals surface area contributed by atoms with E-state index in [1.54, 1.807) is 20.1 Å². The van der Waals surface area contributed by atoms with Crippen LogP contribution in [0, 0.1) is 0 Å². The van der Waals surface area contributed by atoms with Gasteiger partial charge in [-0.25, -0.2) is 0 Å². The van der Waals surface area contributed by atoms with Gasteiger partial charge in [-0.05, 0) is 31.2 Å². The van der Waals surface area contributed by atoms with Crippen molar-refractivity contribution < 1.29 is 19.0 Å². The van der Waals surface area contributed by atoms with E-state index in [0.717, 1.165) is 5.75 Å². The summed E-state index contributed by atoms with van der Waals surface area (Å²) in [6.45, 7) is 2.49. The third-order valence-corrected chi connectivity index (χ3v) is 3.14. The first-order chi connectivity index (χ1) is 11.2. The normalized spacial score (nSPS) is 11.4. The van der Waals surface area contributed by atoms with Gasteiger partial charge < -0.3 is 19.5 Å². The molecule has 0 fully saturated rings. The van der Waals surface area contributed by atoms with Crippen LogP contribution in [0.25, 0.3) is 0 Å².